The maximum Gasteiger partial charge on any atom is 0.252 e. The lowest BCUT2D eigenvalue weighted by Crippen LogP contribution is -2.22. The molecular weight excluding hydrogens is 270 g/mol. The molecule has 1 aromatic rings. The molecule has 0 fully saturated rings. The van der Waals surface area contributed by atoms with Gasteiger partial charge in [-0.15, -0.1) is 0 Å². The first-order valence-corrected chi connectivity index (χ1v) is 6.05. The molecule has 4 N–H and O–H groups in total. The number of anilines is 1. The van der Waals surface area contributed by atoms with E-state index in [9.17, 15) is 9.59 Å². The lowest BCUT2D eigenvalue weighted by Gasteiger charge is -2.08. The van der Waals surface area contributed by atoms with Gasteiger partial charge in [-0.3, -0.25) is 9.59 Å². The van der Waals surface area contributed by atoms with E-state index < -0.39 is 0 Å². The van der Waals surface area contributed by atoms with Gasteiger partial charge < -0.3 is 21.1 Å². The van der Waals surface area contributed by atoms with Crippen molar-refractivity contribution < 1.29 is 14.3 Å². The zero-order valence-electron chi connectivity index (χ0n) is 10.5. The van der Waals surface area contributed by atoms with Crippen molar-refractivity contribution in [3.05, 3.63) is 28.8 Å². The molecule has 1 aromatic carbocycles. The minimum Gasteiger partial charge on any atom is -0.370 e. The van der Waals surface area contributed by atoms with Crippen LogP contribution in [0.1, 0.15) is 10.4 Å². The molecule has 0 saturated heterocycles. The third-order valence-corrected chi connectivity index (χ3v) is 2.55. The molecule has 1 rings (SSSR count). The second-order valence-electron chi connectivity index (χ2n) is 3.66. The van der Waals surface area contributed by atoms with Crippen LogP contribution >= 0.6 is 11.6 Å². The average molecular weight is 286 g/mol. The molecular formula is C12H16ClN3O3. The number of carbonyl (C=O) groups excluding carboxylic acids is 2. The van der Waals surface area contributed by atoms with E-state index in [1.807, 2.05) is 0 Å². The summed E-state index contributed by atoms with van der Waals surface area (Å²) < 4.78 is 5.00. The fourth-order valence-corrected chi connectivity index (χ4v) is 1.56. The topological polar surface area (TPSA) is 93.5 Å². The van der Waals surface area contributed by atoms with Crippen molar-refractivity contribution in [1.82, 2.24) is 5.32 Å². The second-order valence-corrected chi connectivity index (χ2v) is 4.07. The Morgan fingerprint density at radius 2 is 2.16 bits per heavy atom. The first-order valence-electron chi connectivity index (χ1n) is 5.67. The Kier molecular flexibility index (Phi) is 6.27. The number of hydrogen-bond acceptors (Lipinski definition) is 4. The van der Waals surface area contributed by atoms with Crippen LogP contribution in [0, 0.1) is 0 Å². The van der Waals surface area contributed by atoms with Crippen molar-refractivity contribution in [2.24, 2.45) is 5.73 Å². The summed E-state index contributed by atoms with van der Waals surface area (Å²) in [5.41, 5.74) is 6.01. The molecule has 104 valence electrons. The SMILES string of the molecule is CNC(=O)c1cc(NC(=O)COCCN)ccc1Cl. The Labute approximate surface area is 116 Å². The van der Waals surface area contributed by atoms with Crippen molar-refractivity contribution >= 4 is 29.1 Å². The monoisotopic (exact) mass is 285 g/mol. The highest BCUT2D eigenvalue weighted by atomic mass is 35.5. The quantitative estimate of drug-likeness (QED) is 0.668. The van der Waals surface area contributed by atoms with Crippen molar-refractivity contribution in [3.8, 4) is 0 Å². The van der Waals surface area contributed by atoms with Crippen LogP contribution in [0.5, 0.6) is 0 Å². The number of rotatable bonds is 6. The Bertz CT molecular complexity index is 466. The largest absolute Gasteiger partial charge is 0.370 e. The Hall–Kier alpha value is -1.63. The first kappa shape index (κ1) is 15.4. The van der Waals surface area contributed by atoms with Crippen LogP contribution in [-0.4, -0.2) is 38.6 Å². The summed E-state index contributed by atoms with van der Waals surface area (Å²) in [7, 11) is 1.50. The average Bonchev–Trinajstić information content (AvgIpc) is 2.40. The minimum atomic E-state index is -0.321. The van der Waals surface area contributed by atoms with E-state index in [1.165, 1.54) is 13.1 Å². The van der Waals surface area contributed by atoms with Crippen LogP contribution in [0.4, 0.5) is 5.69 Å². The van der Waals surface area contributed by atoms with E-state index in [-0.39, 0.29) is 18.4 Å². The Balaban J connectivity index is 2.69. The van der Waals surface area contributed by atoms with Crippen LogP contribution in [0.2, 0.25) is 5.02 Å². The van der Waals surface area contributed by atoms with E-state index in [0.29, 0.717) is 29.4 Å². The number of carbonyl (C=O) groups is 2. The normalized spacial score (nSPS) is 10.1. The number of amides is 2. The van der Waals surface area contributed by atoms with Gasteiger partial charge in [-0.1, -0.05) is 11.6 Å². The van der Waals surface area contributed by atoms with E-state index >= 15 is 0 Å². The predicted octanol–water partition coefficient (Wildman–Crippen LogP) is 0.613. The van der Waals surface area contributed by atoms with Crippen LogP contribution in [0.25, 0.3) is 0 Å². The number of benzene rings is 1. The van der Waals surface area contributed by atoms with Gasteiger partial charge in [0.25, 0.3) is 5.91 Å². The van der Waals surface area contributed by atoms with Gasteiger partial charge >= 0.3 is 0 Å². The molecule has 7 heteroatoms. The molecule has 0 aliphatic carbocycles. The predicted molar refractivity (Wildman–Crippen MR) is 73.3 cm³/mol. The van der Waals surface area contributed by atoms with Gasteiger partial charge in [0.1, 0.15) is 6.61 Å². The first-order chi connectivity index (χ1) is 9.08. The van der Waals surface area contributed by atoms with Gasteiger partial charge in [-0.05, 0) is 18.2 Å². The highest BCUT2D eigenvalue weighted by molar-refractivity contribution is 6.34. The summed E-state index contributed by atoms with van der Waals surface area (Å²) in [4.78, 5) is 23.0. The molecule has 0 spiro atoms. The van der Waals surface area contributed by atoms with Crippen molar-refractivity contribution in [3.63, 3.8) is 0 Å². The summed E-state index contributed by atoms with van der Waals surface area (Å²) in [5, 5.41) is 5.39. The molecule has 0 saturated carbocycles. The molecule has 0 aromatic heterocycles. The molecule has 19 heavy (non-hydrogen) atoms. The van der Waals surface area contributed by atoms with Crippen LogP contribution in [0.15, 0.2) is 18.2 Å². The van der Waals surface area contributed by atoms with Crippen LogP contribution in [0.3, 0.4) is 0 Å². The van der Waals surface area contributed by atoms with Gasteiger partial charge in [0.05, 0.1) is 17.2 Å². The molecule has 0 bridgehead atoms. The standard InChI is InChI=1S/C12H16ClN3O3/c1-15-12(18)9-6-8(2-3-10(9)13)16-11(17)7-19-5-4-14/h2-3,6H,4-5,7,14H2,1H3,(H,15,18)(H,16,17). The molecule has 0 atom stereocenters. The Morgan fingerprint density at radius 3 is 2.79 bits per heavy atom. The number of ether oxygens (including phenoxy) is 1. The van der Waals surface area contributed by atoms with E-state index in [1.54, 1.807) is 12.1 Å². The zero-order chi connectivity index (χ0) is 14.3. The second kappa shape index (κ2) is 7.73. The third-order valence-electron chi connectivity index (χ3n) is 2.22. The fraction of sp³-hybridized carbons (Fsp3) is 0.333. The van der Waals surface area contributed by atoms with Crippen LogP contribution in [-0.2, 0) is 9.53 Å². The molecule has 0 unspecified atom stereocenters. The van der Waals surface area contributed by atoms with Crippen molar-refractivity contribution in [2.75, 3.05) is 32.1 Å². The van der Waals surface area contributed by atoms with Gasteiger partial charge in [0.15, 0.2) is 0 Å². The van der Waals surface area contributed by atoms with Gasteiger partial charge in [0.2, 0.25) is 5.91 Å². The highest BCUT2D eigenvalue weighted by Crippen LogP contribution is 2.20. The van der Waals surface area contributed by atoms with Crippen molar-refractivity contribution in [2.45, 2.75) is 0 Å². The minimum absolute atomic E-state index is 0.0882. The van der Waals surface area contributed by atoms with Gasteiger partial charge in [-0.2, -0.15) is 0 Å². The van der Waals surface area contributed by atoms with Gasteiger partial charge in [0, 0.05) is 19.3 Å². The summed E-state index contributed by atoms with van der Waals surface area (Å²) in [6.07, 6.45) is 0. The van der Waals surface area contributed by atoms with Crippen molar-refractivity contribution in [1.29, 1.82) is 0 Å². The smallest absolute Gasteiger partial charge is 0.252 e. The van der Waals surface area contributed by atoms with Crippen LogP contribution < -0.4 is 16.4 Å². The molecule has 0 radical (unpaired) electrons. The molecule has 0 heterocycles. The number of hydrogen-bond donors (Lipinski definition) is 3. The van der Waals surface area contributed by atoms with E-state index in [4.69, 9.17) is 22.1 Å². The molecule has 0 aliphatic heterocycles. The molecule has 2 amide bonds. The van der Waals surface area contributed by atoms with Gasteiger partial charge in [-0.25, -0.2) is 0 Å². The fourth-order valence-electron chi connectivity index (χ4n) is 1.36. The zero-order valence-corrected chi connectivity index (χ0v) is 11.3. The number of nitrogens with two attached hydrogens (primary N) is 1. The number of halogens is 1. The highest BCUT2D eigenvalue weighted by Gasteiger charge is 2.10. The summed E-state index contributed by atoms with van der Waals surface area (Å²) in [5.74, 6) is -0.640. The maximum atomic E-state index is 11.5. The van der Waals surface area contributed by atoms with E-state index in [2.05, 4.69) is 10.6 Å². The summed E-state index contributed by atoms with van der Waals surface area (Å²) >= 11 is 5.90. The Morgan fingerprint density at radius 1 is 1.42 bits per heavy atom. The third kappa shape index (κ3) is 4.86. The maximum absolute atomic E-state index is 11.5. The molecule has 6 nitrogen and oxygen atoms in total. The lowest BCUT2D eigenvalue weighted by molar-refractivity contribution is -0.120. The number of nitrogens with one attached hydrogen (secondary N) is 2. The lowest BCUT2D eigenvalue weighted by atomic mass is 10.2. The summed E-state index contributed by atoms with van der Waals surface area (Å²) in [6, 6.07) is 4.65. The van der Waals surface area contributed by atoms with E-state index in [0.717, 1.165) is 0 Å². The molecule has 0 aliphatic rings. The summed E-state index contributed by atoms with van der Waals surface area (Å²) in [6.45, 7) is 0.585.